The van der Waals surface area contributed by atoms with E-state index < -0.39 is 0 Å². The van der Waals surface area contributed by atoms with Gasteiger partial charge in [0.15, 0.2) is 10.8 Å². The normalized spacial score (nSPS) is 18.5. The van der Waals surface area contributed by atoms with Crippen molar-refractivity contribution in [3.63, 3.8) is 0 Å². The van der Waals surface area contributed by atoms with Gasteiger partial charge in [-0.25, -0.2) is 4.98 Å². The molecule has 0 saturated heterocycles. The van der Waals surface area contributed by atoms with Gasteiger partial charge in [0.05, 0.1) is 18.0 Å². The van der Waals surface area contributed by atoms with Gasteiger partial charge >= 0.3 is 0 Å². The molecule has 2 heterocycles. The number of furan rings is 1. The second-order valence-corrected chi connectivity index (χ2v) is 6.24. The van der Waals surface area contributed by atoms with Crippen molar-refractivity contribution in [2.75, 3.05) is 6.54 Å². The lowest BCUT2D eigenvalue weighted by atomic mass is 9.97. The van der Waals surface area contributed by atoms with Gasteiger partial charge in [-0.2, -0.15) is 0 Å². The second-order valence-electron chi connectivity index (χ2n) is 5.16. The molecule has 1 N–H and O–H groups in total. The Morgan fingerprint density at radius 3 is 3.16 bits per heavy atom. The fourth-order valence-corrected chi connectivity index (χ4v) is 3.84. The van der Waals surface area contributed by atoms with Crippen LogP contribution in [0.2, 0.25) is 0 Å². The minimum atomic E-state index is 0.434. The van der Waals surface area contributed by atoms with Gasteiger partial charge in [-0.15, -0.1) is 11.3 Å². The third-order valence-corrected chi connectivity index (χ3v) is 4.78. The van der Waals surface area contributed by atoms with Crippen LogP contribution in [0.5, 0.6) is 0 Å². The summed E-state index contributed by atoms with van der Waals surface area (Å²) in [7, 11) is 0. The maximum absolute atomic E-state index is 5.57. The molecule has 1 atom stereocenters. The third kappa shape index (κ3) is 2.47. The molecule has 3 rings (SSSR count). The topological polar surface area (TPSA) is 38.1 Å². The number of aryl methyl sites for hydroxylation is 2. The average molecular weight is 276 g/mol. The van der Waals surface area contributed by atoms with Crippen molar-refractivity contribution < 1.29 is 4.42 Å². The molecule has 3 nitrogen and oxygen atoms in total. The Bertz CT molecular complexity index is 558. The number of thiazole rings is 1. The predicted octanol–water partition coefficient (Wildman–Crippen LogP) is 4.09. The summed E-state index contributed by atoms with van der Waals surface area (Å²) in [5.74, 6) is 0.939. The number of aromatic nitrogens is 1. The van der Waals surface area contributed by atoms with E-state index in [2.05, 4.69) is 19.2 Å². The first-order chi connectivity index (χ1) is 9.29. The number of hydrogen-bond acceptors (Lipinski definition) is 4. The van der Waals surface area contributed by atoms with Crippen LogP contribution in [-0.4, -0.2) is 11.5 Å². The highest BCUT2D eigenvalue weighted by atomic mass is 32.1. The molecule has 102 valence electrons. The summed E-state index contributed by atoms with van der Waals surface area (Å²) in [5.41, 5.74) is 2.43. The van der Waals surface area contributed by atoms with Crippen molar-refractivity contribution in [2.45, 2.75) is 45.6 Å². The van der Waals surface area contributed by atoms with Gasteiger partial charge in [-0.1, -0.05) is 6.92 Å². The van der Waals surface area contributed by atoms with E-state index >= 15 is 0 Å². The average Bonchev–Trinajstić information content (AvgIpc) is 3.01. The molecular formula is C15H20N2OS. The number of rotatable bonds is 4. The Morgan fingerprint density at radius 1 is 1.53 bits per heavy atom. The van der Waals surface area contributed by atoms with Crippen molar-refractivity contribution in [1.29, 1.82) is 0 Å². The Kier molecular flexibility index (Phi) is 3.71. The lowest BCUT2D eigenvalue weighted by Crippen LogP contribution is -2.25. The third-order valence-electron chi connectivity index (χ3n) is 3.65. The molecule has 0 amide bonds. The zero-order valence-electron chi connectivity index (χ0n) is 11.5. The van der Waals surface area contributed by atoms with E-state index in [1.165, 1.54) is 35.4 Å². The summed E-state index contributed by atoms with van der Waals surface area (Å²) in [5, 5.41) is 4.65. The Morgan fingerprint density at radius 2 is 2.42 bits per heavy atom. The van der Waals surface area contributed by atoms with Gasteiger partial charge in [-0.05, 0) is 50.8 Å². The van der Waals surface area contributed by atoms with Crippen molar-refractivity contribution in [3.8, 4) is 10.8 Å². The van der Waals surface area contributed by atoms with Gasteiger partial charge in [0.2, 0.25) is 0 Å². The van der Waals surface area contributed by atoms with Gasteiger partial charge in [-0.3, -0.25) is 0 Å². The molecule has 2 aromatic heterocycles. The number of nitrogens with zero attached hydrogens (tertiary/aromatic N) is 1. The first kappa shape index (κ1) is 12.9. The van der Waals surface area contributed by atoms with E-state index in [-0.39, 0.29) is 0 Å². The van der Waals surface area contributed by atoms with Crippen LogP contribution in [0.1, 0.15) is 48.4 Å². The lowest BCUT2D eigenvalue weighted by molar-refractivity contribution is 0.454. The van der Waals surface area contributed by atoms with Gasteiger partial charge in [0.1, 0.15) is 0 Å². The van der Waals surface area contributed by atoms with E-state index in [1.807, 2.05) is 6.07 Å². The summed E-state index contributed by atoms with van der Waals surface area (Å²) in [4.78, 5) is 6.29. The summed E-state index contributed by atoms with van der Waals surface area (Å²) in [6.07, 6.45) is 6.54. The predicted molar refractivity (Wildman–Crippen MR) is 78.5 cm³/mol. The summed E-state index contributed by atoms with van der Waals surface area (Å²) in [6.45, 7) is 5.35. The summed E-state index contributed by atoms with van der Waals surface area (Å²) >= 11 is 1.80. The van der Waals surface area contributed by atoms with Crippen molar-refractivity contribution >= 4 is 11.3 Å². The number of nitrogens with one attached hydrogen (secondary N) is 1. The van der Waals surface area contributed by atoms with Gasteiger partial charge in [0.25, 0.3) is 0 Å². The highest BCUT2D eigenvalue weighted by Gasteiger charge is 2.25. The smallest absolute Gasteiger partial charge is 0.165 e. The quantitative estimate of drug-likeness (QED) is 0.914. The van der Waals surface area contributed by atoms with E-state index in [0.717, 1.165) is 23.7 Å². The Hall–Kier alpha value is -1.13. The Labute approximate surface area is 118 Å². The molecule has 2 aromatic rings. The van der Waals surface area contributed by atoms with Crippen molar-refractivity contribution in [3.05, 3.63) is 28.5 Å². The molecule has 4 heteroatoms. The molecule has 0 spiro atoms. The molecule has 0 saturated carbocycles. The maximum Gasteiger partial charge on any atom is 0.165 e. The molecular weight excluding hydrogens is 256 g/mol. The SMILES string of the molecule is CCCNC1CCCc2sc(-c3occc3C)nc21. The second kappa shape index (κ2) is 5.47. The molecule has 1 aliphatic rings. The monoisotopic (exact) mass is 276 g/mol. The van der Waals surface area contributed by atoms with Crippen LogP contribution in [0, 0.1) is 6.92 Å². The maximum atomic E-state index is 5.57. The van der Waals surface area contributed by atoms with Crippen LogP contribution in [0.4, 0.5) is 0 Å². The van der Waals surface area contributed by atoms with Crippen molar-refractivity contribution in [2.24, 2.45) is 0 Å². The molecule has 0 aromatic carbocycles. The first-order valence-corrected chi connectivity index (χ1v) is 7.88. The molecule has 1 unspecified atom stereocenters. The fraction of sp³-hybridized carbons (Fsp3) is 0.533. The number of hydrogen-bond donors (Lipinski definition) is 1. The summed E-state index contributed by atoms with van der Waals surface area (Å²) in [6, 6.07) is 2.44. The fourth-order valence-electron chi connectivity index (χ4n) is 2.62. The molecule has 0 bridgehead atoms. The van der Waals surface area contributed by atoms with E-state index in [1.54, 1.807) is 17.6 Å². The molecule has 1 aliphatic carbocycles. The minimum Gasteiger partial charge on any atom is -0.462 e. The molecule has 0 aliphatic heterocycles. The minimum absolute atomic E-state index is 0.434. The van der Waals surface area contributed by atoms with E-state index in [9.17, 15) is 0 Å². The highest BCUT2D eigenvalue weighted by Crippen LogP contribution is 2.38. The van der Waals surface area contributed by atoms with Crippen molar-refractivity contribution in [1.82, 2.24) is 10.3 Å². The first-order valence-electron chi connectivity index (χ1n) is 7.07. The van der Waals surface area contributed by atoms with Crippen LogP contribution in [-0.2, 0) is 6.42 Å². The van der Waals surface area contributed by atoms with Gasteiger partial charge < -0.3 is 9.73 Å². The lowest BCUT2D eigenvalue weighted by Gasteiger charge is -2.21. The largest absolute Gasteiger partial charge is 0.462 e. The van der Waals surface area contributed by atoms with E-state index in [0.29, 0.717) is 6.04 Å². The zero-order valence-corrected chi connectivity index (χ0v) is 12.3. The highest BCUT2D eigenvalue weighted by molar-refractivity contribution is 7.15. The van der Waals surface area contributed by atoms with E-state index in [4.69, 9.17) is 9.40 Å². The van der Waals surface area contributed by atoms with Crippen LogP contribution in [0.3, 0.4) is 0 Å². The van der Waals surface area contributed by atoms with Crippen LogP contribution in [0.25, 0.3) is 10.8 Å². The summed E-state index contributed by atoms with van der Waals surface area (Å²) < 4.78 is 5.57. The molecule has 0 fully saturated rings. The van der Waals surface area contributed by atoms with Crippen LogP contribution >= 0.6 is 11.3 Å². The molecule has 19 heavy (non-hydrogen) atoms. The number of fused-ring (bicyclic) bond motifs is 1. The Balaban J connectivity index is 1.91. The van der Waals surface area contributed by atoms with Crippen LogP contribution in [0.15, 0.2) is 16.7 Å². The zero-order chi connectivity index (χ0) is 13.2. The standard InChI is InChI=1S/C15H20N2OS/c1-3-8-16-11-5-4-6-12-13(11)17-15(19-12)14-10(2)7-9-18-14/h7,9,11,16H,3-6,8H2,1-2H3. The van der Waals surface area contributed by atoms with Gasteiger partial charge in [0, 0.05) is 4.88 Å². The molecule has 0 radical (unpaired) electrons. The van der Waals surface area contributed by atoms with Crippen LogP contribution < -0.4 is 5.32 Å².